The van der Waals surface area contributed by atoms with E-state index in [1.807, 2.05) is 42.5 Å². The first-order valence-electron chi connectivity index (χ1n) is 8.02. The van der Waals surface area contributed by atoms with Gasteiger partial charge in [-0.2, -0.15) is 5.10 Å². The fraction of sp³-hybridized carbons (Fsp3) is 0.263. The van der Waals surface area contributed by atoms with Crippen molar-refractivity contribution in [1.82, 2.24) is 9.78 Å². The molecular weight excluding hydrogens is 304 g/mol. The molecule has 0 saturated carbocycles. The Hall–Kier alpha value is -2.66. The summed E-state index contributed by atoms with van der Waals surface area (Å²) in [7, 11) is 0. The Labute approximate surface area is 140 Å². The number of rotatable bonds is 6. The number of aromatic nitrogens is 2. The van der Waals surface area contributed by atoms with Gasteiger partial charge in [0.1, 0.15) is 18.5 Å². The number of aliphatic hydroxyl groups is 1. The molecule has 0 aliphatic carbocycles. The molecule has 0 bridgehead atoms. The zero-order valence-corrected chi connectivity index (χ0v) is 13.6. The molecule has 124 valence electrons. The van der Waals surface area contributed by atoms with Gasteiger partial charge in [0.05, 0.1) is 18.1 Å². The lowest BCUT2D eigenvalue weighted by Crippen LogP contribution is -2.31. The van der Waals surface area contributed by atoms with Gasteiger partial charge in [-0.25, -0.2) is 4.68 Å². The van der Waals surface area contributed by atoms with Gasteiger partial charge in [-0.3, -0.25) is 4.79 Å². The zero-order chi connectivity index (χ0) is 16.9. The van der Waals surface area contributed by atoms with Crippen LogP contribution in [0.3, 0.4) is 0 Å². The van der Waals surface area contributed by atoms with Gasteiger partial charge in [0.2, 0.25) is 0 Å². The maximum Gasteiger partial charge on any atom is 0.274 e. The molecule has 0 amide bonds. The Morgan fingerprint density at radius 2 is 1.92 bits per heavy atom. The molecule has 24 heavy (non-hydrogen) atoms. The smallest absolute Gasteiger partial charge is 0.274 e. The Kier molecular flexibility index (Phi) is 4.91. The minimum absolute atomic E-state index is 0.0940. The summed E-state index contributed by atoms with van der Waals surface area (Å²) in [6.45, 7) is 2.29. The van der Waals surface area contributed by atoms with Gasteiger partial charge in [-0.1, -0.05) is 37.3 Å². The normalized spacial score (nSPS) is 12.2. The number of nitrogens with zero attached hydrogens (tertiary/aromatic N) is 2. The van der Waals surface area contributed by atoms with Crippen LogP contribution in [0.15, 0.2) is 59.5 Å². The standard InChI is InChI=1S/C19H20N2O3/c1-2-14-7-9-17(10-8-14)24-13-16(22)12-21-19(23)18-6-4-3-5-15(18)11-20-21/h3-11,16,22H,2,12-13H2,1H3/t16-/m1/s1. The lowest BCUT2D eigenvalue weighted by atomic mass is 10.2. The highest BCUT2D eigenvalue weighted by atomic mass is 16.5. The summed E-state index contributed by atoms with van der Waals surface area (Å²) in [6, 6.07) is 15.0. The van der Waals surface area contributed by atoms with Crippen LogP contribution in [0.25, 0.3) is 10.8 Å². The quantitative estimate of drug-likeness (QED) is 0.756. The fourth-order valence-corrected chi connectivity index (χ4v) is 2.52. The van der Waals surface area contributed by atoms with Crippen LogP contribution >= 0.6 is 0 Å². The van der Waals surface area contributed by atoms with Gasteiger partial charge in [-0.15, -0.1) is 0 Å². The van der Waals surface area contributed by atoms with E-state index in [0.717, 1.165) is 11.8 Å². The van der Waals surface area contributed by atoms with E-state index in [1.54, 1.807) is 12.3 Å². The molecule has 5 nitrogen and oxygen atoms in total. The third-order valence-electron chi connectivity index (χ3n) is 3.92. The average molecular weight is 324 g/mol. The summed E-state index contributed by atoms with van der Waals surface area (Å²) in [5.74, 6) is 0.699. The van der Waals surface area contributed by atoms with E-state index in [-0.39, 0.29) is 18.7 Å². The number of hydrogen-bond donors (Lipinski definition) is 1. The minimum Gasteiger partial charge on any atom is -0.491 e. The monoisotopic (exact) mass is 324 g/mol. The second-order valence-corrected chi connectivity index (χ2v) is 5.68. The topological polar surface area (TPSA) is 64.3 Å². The van der Waals surface area contributed by atoms with Gasteiger partial charge in [0.25, 0.3) is 5.56 Å². The van der Waals surface area contributed by atoms with Crippen molar-refractivity contribution < 1.29 is 9.84 Å². The first kappa shape index (κ1) is 16.2. The third kappa shape index (κ3) is 3.63. The van der Waals surface area contributed by atoms with E-state index < -0.39 is 6.10 Å². The number of ether oxygens (including phenoxy) is 1. The molecule has 0 unspecified atom stereocenters. The van der Waals surface area contributed by atoms with Gasteiger partial charge in [-0.05, 0) is 30.2 Å². The van der Waals surface area contributed by atoms with Crippen LogP contribution in [0.1, 0.15) is 12.5 Å². The molecule has 0 saturated heterocycles. The third-order valence-corrected chi connectivity index (χ3v) is 3.92. The number of aryl methyl sites for hydroxylation is 1. The number of fused-ring (bicyclic) bond motifs is 1. The van der Waals surface area contributed by atoms with Crippen molar-refractivity contribution in [2.45, 2.75) is 26.0 Å². The molecule has 3 rings (SSSR count). The molecule has 3 aromatic rings. The van der Waals surface area contributed by atoms with E-state index in [9.17, 15) is 9.90 Å². The largest absolute Gasteiger partial charge is 0.491 e. The van der Waals surface area contributed by atoms with E-state index >= 15 is 0 Å². The molecule has 5 heteroatoms. The summed E-state index contributed by atoms with van der Waals surface area (Å²) in [5.41, 5.74) is 1.02. The molecule has 1 N–H and O–H groups in total. The average Bonchev–Trinajstić information content (AvgIpc) is 2.63. The van der Waals surface area contributed by atoms with E-state index in [4.69, 9.17) is 4.74 Å². The molecule has 2 aromatic carbocycles. The van der Waals surface area contributed by atoms with Crippen LogP contribution in [-0.4, -0.2) is 27.6 Å². The highest BCUT2D eigenvalue weighted by Gasteiger charge is 2.10. The predicted octanol–water partition coefficient (Wildman–Crippen LogP) is 2.40. The van der Waals surface area contributed by atoms with E-state index in [1.165, 1.54) is 10.2 Å². The molecule has 0 aliphatic rings. The lowest BCUT2D eigenvalue weighted by molar-refractivity contribution is 0.0881. The Morgan fingerprint density at radius 3 is 2.67 bits per heavy atom. The van der Waals surface area contributed by atoms with Crippen molar-refractivity contribution in [1.29, 1.82) is 0 Å². The summed E-state index contributed by atoms with van der Waals surface area (Å²) in [5, 5.41) is 15.6. The van der Waals surface area contributed by atoms with Crippen LogP contribution in [0.2, 0.25) is 0 Å². The number of hydrogen-bond acceptors (Lipinski definition) is 4. The van der Waals surface area contributed by atoms with Crippen molar-refractivity contribution in [3.05, 3.63) is 70.6 Å². The van der Waals surface area contributed by atoms with Crippen molar-refractivity contribution >= 4 is 10.8 Å². The zero-order valence-electron chi connectivity index (χ0n) is 13.6. The van der Waals surface area contributed by atoms with Crippen molar-refractivity contribution in [2.24, 2.45) is 0 Å². The highest BCUT2D eigenvalue weighted by Crippen LogP contribution is 2.13. The van der Waals surface area contributed by atoms with Crippen LogP contribution in [-0.2, 0) is 13.0 Å². The SMILES string of the molecule is CCc1ccc(OC[C@H](O)Cn2ncc3ccccc3c2=O)cc1. The Balaban J connectivity index is 1.65. The summed E-state index contributed by atoms with van der Waals surface area (Å²) < 4.78 is 6.85. The second-order valence-electron chi connectivity index (χ2n) is 5.68. The first-order chi connectivity index (χ1) is 11.7. The molecule has 0 radical (unpaired) electrons. The lowest BCUT2D eigenvalue weighted by Gasteiger charge is -2.13. The van der Waals surface area contributed by atoms with Crippen molar-refractivity contribution in [3.63, 3.8) is 0 Å². The fourth-order valence-electron chi connectivity index (χ4n) is 2.52. The van der Waals surface area contributed by atoms with Crippen molar-refractivity contribution in [2.75, 3.05) is 6.61 Å². The van der Waals surface area contributed by atoms with Crippen LogP contribution in [0.4, 0.5) is 0 Å². The van der Waals surface area contributed by atoms with Gasteiger partial charge < -0.3 is 9.84 Å². The number of aliphatic hydroxyl groups excluding tert-OH is 1. The maximum atomic E-state index is 12.4. The van der Waals surface area contributed by atoms with Crippen LogP contribution in [0.5, 0.6) is 5.75 Å². The first-order valence-corrected chi connectivity index (χ1v) is 8.02. The van der Waals surface area contributed by atoms with E-state index in [0.29, 0.717) is 11.1 Å². The molecule has 1 atom stereocenters. The second kappa shape index (κ2) is 7.27. The molecular formula is C19H20N2O3. The summed E-state index contributed by atoms with van der Waals surface area (Å²) >= 11 is 0. The van der Waals surface area contributed by atoms with Gasteiger partial charge in [0, 0.05) is 5.39 Å². The van der Waals surface area contributed by atoms with Gasteiger partial charge in [0.15, 0.2) is 0 Å². The van der Waals surface area contributed by atoms with E-state index in [2.05, 4.69) is 12.0 Å². The maximum absolute atomic E-state index is 12.4. The predicted molar refractivity (Wildman–Crippen MR) is 93.3 cm³/mol. The van der Waals surface area contributed by atoms with Crippen molar-refractivity contribution in [3.8, 4) is 5.75 Å². The molecule has 0 spiro atoms. The summed E-state index contributed by atoms with van der Waals surface area (Å²) in [4.78, 5) is 12.4. The minimum atomic E-state index is -0.817. The Bertz CT molecular complexity index is 872. The molecule has 0 fully saturated rings. The molecule has 0 aliphatic heterocycles. The van der Waals surface area contributed by atoms with Crippen LogP contribution < -0.4 is 10.3 Å². The Morgan fingerprint density at radius 1 is 1.17 bits per heavy atom. The summed E-state index contributed by atoms with van der Waals surface area (Å²) in [6.07, 6.45) is 1.79. The molecule has 1 aromatic heterocycles. The van der Waals surface area contributed by atoms with Crippen LogP contribution in [0, 0.1) is 0 Å². The number of benzene rings is 2. The highest BCUT2D eigenvalue weighted by molar-refractivity contribution is 5.80. The molecule has 1 heterocycles. The van der Waals surface area contributed by atoms with Gasteiger partial charge >= 0.3 is 0 Å².